The molecule has 1 aromatic heterocycles. The predicted octanol–water partition coefficient (Wildman–Crippen LogP) is 4.65. The Balaban J connectivity index is 1.34. The van der Waals surface area contributed by atoms with Crippen LogP contribution in [0.5, 0.6) is 0 Å². The fourth-order valence-corrected chi connectivity index (χ4v) is 5.68. The molecule has 2 saturated heterocycles. The lowest BCUT2D eigenvalue weighted by Crippen LogP contribution is -2.51. The van der Waals surface area contributed by atoms with Gasteiger partial charge < -0.3 is 9.80 Å². The van der Waals surface area contributed by atoms with Crippen molar-refractivity contribution in [2.45, 2.75) is 25.8 Å². The molecule has 6 heteroatoms. The van der Waals surface area contributed by atoms with E-state index in [0.29, 0.717) is 23.4 Å². The molecule has 0 radical (unpaired) electrons. The Labute approximate surface area is 209 Å². The Hall–Kier alpha value is -4.37. The van der Waals surface area contributed by atoms with Crippen LogP contribution in [0, 0.1) is 18.3 Å². The van der Waals surface area contributed by atoms with Gasteiger partial charge in [-0.25, -0.2) is 0 Å². The fraction of sp³-hybridized carbons (Fsp3) is 0.233. The molecule has 2 fully saturated rings. The van der Waals surface area contributed by atoms with E-state index in [9.17, 15) is 9.59 Å². The summed E-state index contributed by atoms with van der Waals surface area (Å²) >= 11 is 0. The average molecular weight is 475 g/mol. The molecule has 0 bridgehead atoms. The molecule has 0 unspecified atom stereocenters. The molecule has 3 aromatic carbocycles. The molecule has 36 heavy (non-hydrogen) atoms. The first kappa shape index (κ1) is 22.1. The molecule has 2 aliphatic heterocycles. The van der Waals surface area contributed by atoms with E-state index < -0.39 is 0 Å². The van der Waals surface area contributed by atoms with Crippen molar-refractivity contribution in [2.75, 3.05) is 24.5 Å². The summed E-state index contributed by atoms with van der Waals surface area (Å²) in [6.07, 6.45) is 3.51. The maximum absolute atomic E-state index is 13.6. The van der Waals surface area contributed by atoms with Crippen LogP contribution in [-0.4, -0.2) is 41.1 Å². The molecular formula is C30H26N4O2. The number of carbonyl (C=O) groups excluding carboxylic acids is 1. The van der Waals surface area contributed by atoms with Crippen LogP contribution < -0.4 is 10.5 Å². The zero-order chi connectivity index (χ0) is 24.8. The Kier molecular flexibility index (Phi) is 5.34. The van der Waals surface area contributed by atoms with Crippen LogP contribution >= 0.6 is 0 Å². The summed E-state index contributed by atoms with van der Waals surface area (Å²) in [5, 5.41) is 10.7. The number of nitrogens with zero attached hydrogens (tertiary/aromatic N) is 4. The zero-order valence-electron chi connectivity index (χ0n) is 20.1. The number of amides is 1. The van der Waals surface area contributed by atoms with Gasteiger partial charge in [0.1, 0.15) is 0 Å². The molecule has 3 heterocycles. The topological polar surface area (TPSA) is 69.3 Å². The molecule has 0 aliphatic carbocycles. The Morgan fingerprint density at radius 2 is 1.67 bits per heavy atom. The third-order valence-corrected chi connectivity index (χ3v) is 7.54. The van der Waals surface area contributed by atoms with Crippen LogP contribution in [0.1, 0.15) is 24.0 Å². The van der Waals surface area contributed by atoms with Gasteiger partial charge in [-0.2, -0.15) is 5.26 Å². The minimum atomic E-state index is -0.0584. The summed E-state index contributed by atoms with van der Waals surface area (Å²) in [7, 11) is 0. The predicted molar refractivity (Wildman–Crippen MR) is 141 cm³/mol. The smallest absolute Gasteiger partial charge is 0.262 e. The molecule has 1 amide bonds. The van der Waals surface area contributed by atoms with E-state index in [2.05, 4.69) is 23.1 Å². The van der Waals surface area contributed by atoms with Gasteiger partial charge in [-0.15, -0.1) is 0 Å². The molecule has 178 valence electrons. The molecule has 0 saturated carbocycles. The summed E-state index contributed by atoms with van der Waals surface area (Å²) in [5.41, 5.74) is 5.47. The highest BCUT2D eigenvalue weighted by Crippen LogP contribution is 2.31. The summed E-state index contributed by atoms with van der Waals surface area (Å²) in [5.74, 6) is 0.281. The number of hydrogen-bond acceptors (Lipinski definition) is 4. The van der Waals surface area contributed by atoms with E-state index in [-0.39, 0.29) is 11.5 Å². The van der Waals surface area contributed by atoms with Crippen LogP contribution in [0.25, 0.3) is 27.6 Å². The summed E-state index contributed by atoms with van der Waals surface area (Å²) in [6.45, 7) is 4.49. The van der Waals surface area contributed by atoms with Gasteiger partial charge in [-0.3, -0.25) is 14.2 Å². The van der Waals surface area contributed by atoms with Crippen molar-refractivity contribution in [3.63, 3.8) is 0 Å². The third-order valence-electron chi connectivity index (χ3n) is 7.54. The molecular weight excluding hydrogens is 448 g/mol. The molecule has 0 N–H and O–H groups in total. The summed E-state index contributed by atoms with van der Waals surface area (Å²) in [6, 6.07) is 23.9. The van der Waals surface area contributed by atoms with Gasteiger partial charge in [0, 0.05) is 55.1 Å². The van der Waals surface area contributed by atoms with Crippen molar-refractivity contribution in [2.24, 2.45) is 0 Å². The Bertz CT molecular complexity index is 1580. The number of rotatable bonds is 3. The van der Waals surface area contributed by atoms with Crippen LogP contribution in [0.4, 0.5) is 5.69 Å². The molecule has 6 nitrogen and oxygen atoms in total. The van der Waals surface area contributed by atoms with E-state index in [1.54, 1.807) is 16.7 Å². The number of aromatic nitrogens is 1. The monoisotopic (exact) mass is 474 g/mol. The SMILES string of the molecule is Cc1cn(-c2ccc(N3CCN4C(=O)CC[C@H]4C3)cc2)c(=O)c2cccc(-c3ccc(C#N)cc3)c12. The van der Waals surface area contributed by atoms with Gasteiger partial charge >= 0.3 is 0 Å². The van der Waals surface area contributed by atoms with Crippen molar-refractivity contribution in [1.29, 1.82) is 5.26 Å². The number of carbonyl (C=O) groups is 1. The quantitative estimate of drug-likeness (QED) is 0.434. The second-order valence-corrected chi connectivity index (χ2v) is 9.65. The number of fused-ring (bicyclic) bond motifs is 2. The van der Waals surface area contributed by atoms with Crippen LogP contribution in [0.15, 0.2) is 77.7 Å². The van der Waals surface area contributed by atoms with E-state index >= 15 is 0 Å². The van der Waals surface area contributed by atoms with Crippen molar-refractivity contribution >= 4 is 22.4 Å². The molecule has 6 rings (SSSR count). The van der Waals surface area contributed by atoms with Crippen molar-refractivity contribution in [3.8, 4) is 22.9 Å². The summed E-state index contributed by atoms with van der Waals surface area (Å²) < 4.78 is 1.72. The fourth-order valence-electron chi connectivity index (χ4n) is 5.68. The van der Waals surface area contributed by atoms with Gasteiger partial charge in [0.05, 0.1) is 11.6 Å². The van der Waals surface area contributed by atoms with Crippen molar-refractivity contribution in [1.82, 2.24) is 9.47 Å². The zero-order valence-corrected chi connectivity index (χ0v) is 20.1. The van der Waals surface area contributed by atoms with Crippen LogP contribution in [-0.2, 0) is 4.79 Å². The first-order valence-corrected chi connectivity index (χ1v) is 12.3. The summed E-state index contributed by atoms with van der Waals surface area (Å²) in [4.78, 5) is 29.9. The number of nitriles is 1. The Morgan fingerprint density at radius 1 is 0.917 bits per heavy atom. The molecule has 0 spiro atoms. The van der Waals surface area contributed by atoms with E-state index in [0.717, 1.165) is 59.5 Å². The standard InChI is InChI=1S/C30H26N4O2/c1-20-18-34(24-11-9-23(10-12-24)32-15-16-33-25(19-32)13-14-28(33)35)30(36)27-4-2-3-26(29(20)27)22-7-5-21(17-31)6-8-22/h2-12,18,25H,13-16,19H2,1H3/t25-/m0/s1. The largest absolute Gasteiger partial charge is 0.368 e. The van der Waals surface area contributed by atoms with Gasteiger partial charge in [0.2, 0.25) is 5.91 Å². The van der Waals surface area contributed by atoms with Gasteiger partial charge in [-0.05, 0) is 77.9 Å². The average Bonchev–Trinajstić information content (AvgIpc) is 3.30. The van der Waals surface area contributed by atoms with Crippen LogP contribution in [0.3, 0.4) is 0 Å². The van der Waals surface area contributed by atoms with Gasteiger partial charge in [-0.1, -0.05) is 24.3 Å². The first-order chi connectivity index (χ1) is 17.5. The number of piperazine rings is 1. The van der Waals surface area contributed by atoms with Gasteiger partial charge in [0.15, 0.2) is 0 Å². The second kappa shape index (κ2) is 8.69. The highest BCUT2D eigenvalue weighted by molar-refractivity contribution is 5.98. The van der Waals surface area contributed by atoms with E-state index in [1.165, 1.54) is 0 Å². The highest BCUT2D eigenvalue weighted by Gasteiger charge is 2.35. The molecule has 4 aromatic rings. The van der Waals surface area contributed by atoms with Crippen LogP contribution in [0.2, 0.25) is 0 Å². The third kappa shape index (κ3) is 3.64. The molecule has 1 atom stereocenters. The maximum Gasteiger partial charge on any atom is 0.262 e. The minimum Gasteiger partial charge on any atom is -0.368 e. The lowest BCUT2D eigenvalue weighted by Gasteiger charge is -2.38. The first-order valence-electron chi connectivity index (χ1n) is 12.3. The molecule has 2 aliphatic rings. The highest BCUT2D eigenvalue weighted by atomic mass is 16.2. The normalized spacial score (nSPS) is 17.3. The minimum absolute atomic E-state index is 0.0584. The Morgan fingerprint density at radius 3 is 2.42 bits per heavy atom. The van der Waals surface area contributed by atoms with E-state index in [4.69, 9.17) is 5.26 Å². The van der Waals surface area contributed by atoms with E-state index in [1.807, 2.05) is 60.5 Å². The number of pyridine rings is 1. The lowest BCUT2D eigenvalue weighted by atomic mass is 9.96. The van der Waals surface area contributed by atoms with Gasteiger partial charge in [0.25, 0.3) is 5.56 Å². The van der Waals surface area contributed by atoms with Crippen molar-refractivity contribution in [3.05, 3.63) is 94.4 Å². The second-order valence-electron chi connectivity index (χ2n) is 9.65. The number of aryl methyl sites for hydroxylation is 1. The number of hydrogen-bond donors (Lipinski definition) is 0. The maximum atomic E-state index is 13.6. The lowest BCUT2D eigenvalue weighted by molar-refractivity contribution is -0.129. The van der Waals surface area contributed by atoms with Crippen molar-refractivity contribution < 1.29 is 4.79 Å². The number of benzene rings is 3. The number of anilines is 1.